The van der Waals surface area contributed by atoms with Crippen molar-refractivity contribution in [1.29, 1.82) is 0 Å². The van der Waals surface area contributed by atoms with E-state index in [2.05, 4.69) is 10.2 Å². The Kier molecular flexibility index (Phi) is 3.22. The Balaban J connectivity index is 2.52. The molecule has 0 aliphatic heterocycles. The highest BCUT2D eigenvalue weighted by Gasteiger charge is 2.16. The van der Waals surface area contributed by atoms with E-state index in [9.17, 15) is 0 Å². The fraction of sp³-hybridized carbons (Fsp3) is 0.455. The zero-order valence-electron chi connectivity index (χ0n) is 10.2. The van der Waals surface area contributed by atoms with E-state index in [-0.39, 0.29) is 6.04 Å². The predicted octanol–water partition coefficient (Wildman–Crippen LogP) is 1.46. The zero-order valence-corrected chi connectivity index (χ0v) is 10.9. The summed E-state index contributed by atoms with van der Waals surface area (Å²) in [5.41, 5.74) is 7.95. The van der Waals surface area contributed by atoms with Crippen molar-refractivity contribution < 1.29 is 0 Å². The number of aryl methyl sites for hydroxylation is 2. The maximum atomic E-state index is 5.89. The van der Waals surface area contributed by atoms with Crippen LogP contribution >= 0.6 is 11.6 Å². The van der Waals surface area contributed by atoms with E-state index in [1.54, 1.807) is 21.8 Å². The first-order chi connectivity index (χ1) is 7.99. The third-order valence-corrected chi connectivity index (χ3v) is 2.80. The van der Waals surface area contributed by atoms with Gasteiger partial charge in [0.15, 0.2) is 5.82 Å². The van der Waals surface area contributed by atoms with E-state index in [0.717, 1.165) is 23.5 Å². The van der Waals surface area contributed by atoms with Gasteiger partial charge in [-0.2, -0.15) is 10.2 Å². The number of nitrogens with zero attached hydrogens (tertiary/aromatic N) is 4. The van der Waals surface area contributed by atoms with Crippen molar-refractivity contribution in [3.05, 3.63) is 28.7 Å². The van der Waals surface area contributed by atoms with Crippen LogP contribution in [0.1, 0.15) is 18.2 Å². The smallest absolute Gasteiger partial charge is 0.155 e. The van der Waals surface area contributed by atoms with Gasteiger partial charge in [0.05, 0.1) is 23.1 Å². The van der Waals surface area contributed by atoms with Crippen LogP contribution < -0.4 is 5.73 Å². The lowest BCUT2D eigenvalue weighted by atomic mass is 10.1. The van der Waals surface area contributed by atoms with E-state index < -0.39 is 0 Å². The first kappa shape index (κ1) is 12.1. The number of aromatic nitrogens is 4. The summed E-state index contributed by atoms with van der Waals surface area (Å²) in [5, 5.41) is 9.23. The second kappa shape index (κ2) is 4.50. The third kappa shape index (κ3) is 2.35. The van der Waals surface area contributed by atoms with Crippen LogP contribution in [0.3, 0.4) is 0 Å². The van der Waals surface area contributed by atoms with Crippen molar-refractivity contribution in [1.82, 2.24) is 19.6 Å². The number of hydrogen-bond donors (Lipinski definition) is 1. The van der Waals surface area contributed by atoms with E-state index in [4.69, 9.17) is 17.3 Å². The SMILES string of the molecule is Cc1nn(C)c(-n2cc(Cl)cn2)c1CC(C)N. The summed E-state index contributed by atoms with van der Waals surface area (Å²) < 4.78 is 3.54. The average Bonchev–Trinajstić information content (AvgIpc) is 2.72. The first-order valence-corrected chi connectivity index (χ1v) is 5.85. The molecule has 5 nitrogen and oxygen atoms in total. The molecule has 92 valence electrons. The molecule has 0 saturated heterocycles. The topological polar surface area (TPSA) is 61.7 Å². The van der Waals surface area contributed by atoms with E-state index in [1.165, 1.54) is 0 Å². The van der Waals surface area contributed by atoms with Crippen molar-refractivity contribution >= 4 is 11.6 Å². The second-order valence-corrected chi connectivity index (χ2v) is 4.73. The Bertz CT molecular complexity index is 526. The molecule has 0 spiro atoms. The van der Waals surface area contributed by atoms with Gasteiger partial charge < -0.3 is 5.73 Å². The lowest BCUT2D eigenvalue weighted by Gasteiger charge is -2.08. The minimum absolute atomic E-state index is 0.0858. The van der Waals surface area contributed by atoms with Crippen molar-refractivity contribution in [2.45, 2.75) is 26.3 Å². The van der Waals surface area contributed by atoms with Crippen molar-refractivity contribution in [3.8, 4) is 5.82 Å². The normalized spacial score (nSPS) is 13.0. The second-order valence-electron chi connectivity index (χ2n) is 4.30. The van der Waals surface area contributed by atoms with Gasteiger partial charge in [0.25, 0.3) is 0 Å². The number of nitrogens with two attached hydrogens (primary N) is 1. The molecule has 17 heavy (non-hydrogen) atoms. The predicted molar refractivity (Wildman–Crippen MR) is 67.4 cm³/mol. The van der Waals surface area contributed by atoms with Crippen molar-refractivity contribution in [2.75, 3.05) is 0 Å². The molecule has 0 fully saturated rings. The van der Waals surface area contributed by atoms with Gasteiger partial charge in [-0.1, -0.05) is 11.6 Å². The third-order valence-electron chi connectivity index (χ3n) is 2.61. The van der Waals surface area contributed by atoms with Crippen LogP contribution in [0.5, 0.6) is 0 Å². The molecule has 6 heteroatoms. The number of rotatable bonds is 3. The molecule has 1 unspecified atom stereocenters. The summed E-state index contributed by atoms with van der Waals surface area (Å²) in [7, 11) is 1.89. The minimum Gasteiger partial charge on any atom is -0.328 e. The molecular formula is C11H16ClN5. The Morgan fingerprint density at radius 1 is 1.53 bits per heavy atom. The van der Waals surface area contributed by atoms with Crippen LogP contribution in [0.15, 0.2) is 12.4 Å². The van der Waals surface area contributed by atoms with Gasteiger partial charge in [0.2, 0.25) is 0 Å². The highest BCUT2D eigenvalue weighted by atomic mass is 35.5. The molecule has 0 aromatic carbocycles. The molecule has 0 bridgehead atoms. The molecule has 0 radical (unpaired) electrons. The van der Waals surface area contributed by atoms with E-state index >= 15 is 0 Å². The summed E-state index contributed by atoms with van der Waals surface area (Å²) in [5.74, 6) is 0.923. The summed E-state index contributed by atoms with van der Waals surface area (Å²) in [6, 6.07) is 0.0858. The summed E-state index contributed by atoms with van der Waals surface area (Å²) in [6.45, 7) is 3.96. The van der Waals surface area contributed by atoms with Gasteiger partial charge in [-0.15, -0.1) is 0 Å². The highest BCUT2D eigenvalue weighted by molar-refractivity contribution is 6.30. The summed E-state index contributed by atoms with van der Waals surface area (Å²) >= 11 is 5.89. The Hall–Kier alpha value is -1.33. The molecule has 2 rings (SSSR count). The Morgan fingerprint density at radius 2 is 2.24 bits per heavy atom. The number of hydrogen-bond acceptors (Lipinski definition) is 3. The fourth-order valence-corrected chi connectivity index (χ4v) is 2.09. The molecule has 2 N–H and O–H groups in total. The van der Waals surface area contributed by atoms with Crippen molar-refractivity contribution in [2.24, 2.45) is 12.8 Å². The quantitative estimate of drug-likeness (QED) is 0.901. The fourth-order valence-electron chi connectivity index (χ4n) is 1.95. The van der Waals surface area contributed by atoms with Crippen LogP contribution in [-0.4, -0.2) is 25.6 Å². The van der Waals surface area contributed by atoms with Gasteiger partial charge in [0.1, 0.15) is 0 Å². The molecular weight excluding hydrogens is 238 g/mol. The zero-order chi connectivity index (χ0) is 12.6. The standard InChI is InChI=1S/C11H16ClN5/c1-7(13)4-10-8(2)15-16(3)11(10)17-6-9(12)5-14-17/h5-7H,4,13H2,1-3H3. The van der Waals surface area contributed by atoms with Crippen LogP contribution in [-0.2, 0) is 13.5 Å². The molecule has 0 aliphatic carbocycles. The Labute approximate surface area is 105 Å². The number of halogens is 1. The molecule has 2 heterocycles. The van der Waals surface area contributed by atoms with Crippen LogP contribution in [0, 0.1) is 6.92 Å². The first-order valence-electron chi connectivity index (χ1n) is 5.47. The van der Waals surface area contributed by atoms with Gasteiger partial charge in [0, 0.05) is 18.7 Å². The molecule has 0 aliphatic rings. The maximum absolute atomic E-state index is 5.89. The van der Waals surface area contributed by atoms with Crippen LogP contribution in [0.25, 0.3) is 5.82 Å². The molecule has 2 aromatic heterocycles. The average molecular weight is 254 g/mol. The lowest BCUT2D eigenvalue weighted by Crippen LogP contribution is -2.19. The largest absolute Gasteiger partial charge is 0.328 e. The minimum atomic E-state index is 0.0858. The lowest BCUT2D eigenvalue weighted by molar-refractivity contribution is 0.683. The maximum Gasteiger partial charge on any atom is 0.155 e. The highest BCUT2D eigenvalue weighted by Crippen LogP contribution is 2.20. The van der Waals surface area contributed by atoms with E-state index in [1.807, 2.05) is 20.9 Å². The van der Waals surface area contributed by atoms with Crippen LogP contribution in [0.2, 0.25) is 5.02 Å². The molecule has 0 amide bonds. The van der Waals surface area contributed by atoms with Gasteiger partial charge in [-0.05, 0) is 20.3 Å². The van der Waals surface area contributed by atoms with Gasteiger partial charge in [-0.3, -0.25) is 4.68 Å². The molecule has 0 saturated carbocycles. The van der Waals surface area contributed by atoms with Crippen molar-refractivity contribution in [3.63, 3.8) is 0 Å². The monoisotopic (exact) mass is 253 g/mol. The van der Waals surface area contributed by atoms with E-state index in [0.29, 0.717) is 5.02 Å². The Morgan fingerprint density at radius 3 is 2.76 bits per heavy atom. The van der Waals surface area contributed by atoms with Gasteiger partial charge >= 0.3 is 0 Å². The summed E-state index contributed by atoms with van der Waals surface area (Å²) in [6.07, 6.45) is 4.15. The summed E-state index contributed by atoms with van der Waals surface area (Å²) in [4.78, 5) is 0. The molecule has 1 atom stereocenters. The van der Waals surface area contributed by atoms with Crippen LogP contribution in [0.4, 0.5) is 0 Å². The molecule has 2 aromatic rings. The van der Waals surface area contributed by atoms with Gasteiger partial charge in [-0.25, -0.2) is 4.68 Å².